The van der Waals surface area contributed by atoms with E-state index in [1.165, 1.54) is 6.42 Å². The summed E-state index contributed by atoms with van der Waals surface area (Å²) in [6.45, 7) is 3.87. The molecule has 4 rings (SSSR count). The van der Waals surface area contributed by atoms with Crippen molar-refractivity contribution in [1.82, 2.24) is 20.0 Å². The Morgan fingerprint density at radius 3 is 2.88 bits per heavy atom. The number of aryl methyl sites for hydroxylation is 1. The average Bonchev–Trinajstić information content (AvgIpc) is 3.15. The van der Waals surface area contributed by atoms with E-state index < -0.39 is 0 Å². The van der Waals surface area contributed by atoms with Crippen molar-refractivity contribution in [2.75, 3.05) is 20.2 Å². The van der Waals surface area contributed by atoms with Crippen molar-refractivity contribution in [2.45, 2.75) is 44.7 Å². The maximum Gasteiger partial charge on any atom is 0.274 e. The van der Waals surface area contributed by atoms with Crippen LogP contribution in [0, 0.1) is 6.92 Å². The second-order valence-electron chi connectivity index (χ2n) is 7.30. The molecule has 1 unspecified atom stereocenters. The highest BCUT2D eigenvalue weighted by Crippen LogP contribution is 2.29. The molecule has 6 nitrogen and oxygen atoms in total. The second-order valence-corrected chi connectivity index (χ2v) is 7.30. The molecule has 0 radical (unpaired) electrons. The molecule has 6 heteroatoms. The molecule has 2 fully saturated rings. The first-order valence-electron chi connectivity index (χ1n) is 9.41. The lowest BCUT2D eigenvalue weighted by Gasteiger charge is -2.25. The fourth-order valence-electron chi connectivity index (χ4n) is 3.63. The maximum absolute atomic E-state index is 13.1. The molecule has 0 bridgehead atoms. The molecule has 1 atom stereocenters. The van der Waals surface area contributed by atoms with E-state index in [9.17, 15) is 4.79 Å². The van der Waals surface area contributed by atoms with Gasteiger partial charge in [-0.1, -0.05) is 6.07 Å². The van der Waals surface area contributed by atoms with Gasteiger partial charge in [0.25, 0.3) is 5.91 Å². The normalized spacial score (nSPS) is 19.5. The number of nitrogens with one attached hydrogen (secondary N) is 1. The summed E-state index contributed by atoms with van der Waals surface area (Å²) in [7, 11) is 1.65. The highest BCUT2D eigenvalue weighted by molar-refractivity contribution is 5.92. The molecule has 1 aromatic carbocycles. The number of nitrogens with zero attached hydrogens (tertiary/aromatic N) is 3. The number of rotatable bonds is 6. The summed E-state index contributed by atoms with van der Waals surface area (Å²) < 4.78 is 7.18. The molecule has 138 valence electrons. The Balaban J connectivity index is 1.56. The summed E-state index contributed by atoms with van der Waals surface area (Å²) in [5, 5.41) is 8.05. The van der Waals surface area contributed by atoms with Crippen molar-refractivity contribution in [1.29, 1.82) is 0 Å². The van der Waals surface area contributed by atoms with Crippen LogP contribution in [0.1, 0.15) is 41.7 Å². The molecule has 1 aliphatic heterocycles. The van der Waals surface area contributed by atoms with Crippen molar-refractivity contribution in [2.24, 2.45) is 0 Å². The van der Waals surface area contributed by atoms with Crippen LogP contribution in [0.15, 0.2) is 30.5 Å². The Labute approximate surface area is 154 Å². The van der Waals surface area contributed by atoms with Crippen LogP contribution in [0.3, 0.4) is 0 Å². The van der Waals surface area contributed by atoms with Crippen molar-refractivity contribution in [3.63, 3.8) is 0 Å². The predicted octanol–water partition coefficient (Wildman–Crippen LogP) is 2.55. The minimum absolute atomic E-state index is 0.0339. The van der Waals surface area contributed by atoms with Gasteiger partial charge >= 0.3 is 0 Å². The van der Waals surface area contributed by atoms with E-state index >= 15 is 0 Å². The molecule has 1 saturated carbocycles. The number of hydrogen-bond donors (Lipinski definition) is 1. The first-order chi connectivity index (χ1) is 12.7. The highest BCUT2D eigenvalue weighted by atomic mass is 16.5. The molecule has 1 N–H and O–H groups in total. The Bertz CT molecular complexity index is 791. The SMILES string of the molecule is COc1ccc(C)cc1-n1ccc(C(=O)N(CC2CCCN2)C2CC2)n1. The van der Waals surface area contributed by atoms with E-state index in [0.717, 1.165) is 49.4 Å². The summed E-state index contributed by atoms with van der Waals surface area (Å²) in [6, 6.07) is 8.54. The van der Waals surface area contributed by atoms with Crippen LogP contribution in [0.4, 0.5) is 0 Å². The summed E-state index contributed by atoms with van der Waals surface area (Å²) in [6.07, 6.45) is 6.38. The van der Waals surface area contributed by atoms with Crippen LogP contribution in [0.2, 0.25) is 0 Å². The lowest BCUT2D eigenvalue weighted by Crippen LogP contribution is -2.42. The fourth-order valence-corrected chi connectivity index (χ4v) is 3.63. The standard InChI is InChI=1S/C20H26N4O2/c1-14-5-8-19(26-2)18(12-14)24-11-9-17(22-24)20(25)23(16-6-7-16)13-15-4-3-10-21-15/h5,8-9,11-12,15-16,21H,3-4,6-7,10,13H2,1-2H3. The molecule has 2 aliphatic rings. The van der Waals surface area contributed by atoms with Gasteiger partial charge in [0, 0.05) is 24.8 Å². The molecular formula is C20H26N4O2. The maximum atomic E-state index is 13.1. The van der Waals surface area contributed by atoms with Gasteiger partial charge in [-0.3, -0.25) is 4.79 Å². The number of carbonyl (C=O) groups is 1. The molecule has 2 heterocycles. The molecule has 1 aliphatic carbocycles. The van der Waals surface area contributed by atoms with Crippen LogP contribution in [0.5, 0.6) is 5.75 Å². The van der Waals surface area contributed by atoms with Gasteiger partial charge in [0.2, 0.25) is 0 Å². The zero-order valence-electron chi connectivity index (χ0n) is 15.4. The fraction of sp³-hybridized carbons (Fsp3) is 0.500. The van der Waals surface area contributed by atoms with Gasteiger partial charge in [-0.25, -0.2) is 4.68 Å². The number of aromatic nitrogens is 2. The third-order valence-electron chi connectivity index (χ3n) is 5.22. The first kappa shape index (κ1) is 17.1. The summed E-state index contributed by atoms with van der Waals surface area (Å²) in [5.41, 5.74) is 2.47. The number of ether oxygens (including phenoxy) is 1. The van der Waals surface area contributed by atoms with Gasteiger partial charge in [-0.2, -0.15) is 5.10 Å². The number of benzene rings is 1. The average molecular weight is 354 g/mol. The van der Waals surface area contributed by atoms with Crippen LogP contribution < -0.4 is 10.1 Å². The van der Waals surface area contributed by atoms with Gasteiger partial charge < -0.3 is 15.0 Å². The van der Waals surface area contributed by atoms with Crippen LogP contribution in [-0.2, 0) is 0 Å². The summed E-state index contributed by atoms with van der Waals surface area (Å²) >= 11 is 0. The van der Waals surface area contributed by atoms with Gasteiger partial charge in [0.1, 0.15) is 11.4 Å². The van der Waals surface area contributed by atoms with E-state index in [1.807, 2.05) is 42.3 Å². The van der Waals surface area contributed by atoms with Crippen LogP contribution in [0.25, 0.3) is 5.69 Å². The monoisotopic (exact) mass is 354 g/mol. The summed E-state index contributed by atoms with van der Waals surface area (Å²) in [4.78, 5) is 15.1. The minimum Gasteiger partial charge on any atom is -0.494 e. The molecule has 1 aromatic heterocycles. The third kappa shape index (κ3) is 3.46. The van der Waals surface area contributed by atoms with E-state index in [4.69, 9.17) is 4.74 Å². The number of carbonyl (C=O) groups excluding carboxylic acids is 1. The lowest BCUT2D eigenvalue weighted by atomic mass is 10.2. The predicted molar refractivity (Wildman–Crippen MR) is 99.9 cm³/mol. The Hall–Kier alpha value is -2.34. The smallest absolute Gasteiger partial charge is 0.274 e. The summed E-state index contributed by atoms with van der Waals surface area (Å²) in [5.74, 6) is 0.776. The molecular weight excluding hydrogens is 328 g/mol. The van der Waals surface area contributed by atoms with Crippen molar-refractivity contribution >= 4 is 5.91 Å². The highest BCUT2D eigenvalue weighted by Gasteiger charge is 2.35. The number of methoxy groups -OCH3 is 1. The Kier molecular flexibility index (Phi) is 4.68. The number of amides is 1. The van der Waals surface area contributed by atoms with Crippen molar-refractivity contribution in [3.8, 4) is 11.4 Å². The first-order valence-corrected chi connectivity index (χ1v) is 9.41. The van der Waals surface area contributed by atoms with E-state index in [-0.39, 0.29) is 5.91 Å². The molecule has 1 saturated heterocycles. The molecule has 2 aromatic rings. The van der Waals surface area contributed by atoms with E-state index in [0.29, 0.717) is 17.8 Å². The largest absolute Gasteiger partial charge is 0.494 e. The Morgan fingerprint density at radius 2 is 2.19 bits per heavy atom. The topological polar surface area (TPSA) is 59.4 Å². The van der Waals surface area contributed by atoms with Crippen molar-refractivity contribution in [3.05, 3.63) is 41.7 Å². The zero-order chi connectivity index (χ0) is 18.1. The van der Waals surface area contributed by atoms with Crippen LogP contribution >= 0.6 is 0 Å². The minimum atomic E-state index is 0.0339. The Morgan fingerprint density at radius 1 is 1.35 bits per heavy atom. The lowest BCUT2D eigenvalue weighted by molar-refractivity contribution is 0.0722. The zero-order valence-corrected chi connectivity index (χ0v) is 15.4. The van der Waals surface area contributed by atoms with Crippen molar-refractivity contribution < 1.29 is 9.53 Å². The molecule has 26 heavy (non-hydrogen) atoms. The third-order valence-corrected chi connectivity index (χ3v) is 5.22. The van der Waals surface area contributed by atoms with Gasteiger partial charge in [-0.05, 0) is 62.9 Å². The van der Waals surface area contributed by atoms with Gasteiger partial charge in [0.05, 0.1) is 7.11 Å². The second kappa shape index (κ2) is 7.11. The van der Waals surface area contributed by atoms with E-state index in [2.05, 4.69) is 10.4 Å². The van der Waals surface area contributed by atoms with E-state index in [1.54, 1.807) is 11.8 Å². The van der Waals surface area contributed by atoms with Gasteiger partial charge in [-0.15, -0.1) is 0 Å². The number of hydrogen-bond acceptors (Lipinski definition) is 4. The quantitative estimate of drug-likeness (QED) is 0.866. The molecule has 1 amide bonds. The molecule has 0 spiro atoms. The van der Waals surface area contributed by atoms with Gasteiger partial charge in [0.15, 0.2) is 5.69 Å². The van der Waals surface area contributed by atoms with Crippen LogP contribution in [-0.4, -0.2) is 52.9 Å².